The van der Waals surface area contributed by atoms with Gasteiger partial charge in [-0.3, -0.25) is 19.3 Å². The molecule has 3 aliphatic heterocycles. The third kappa shape index (κ3) is 2.87. The minimum atomic E-state index is -1.14. The van der Waals surface area contributed by atoms with Crippen molar-refractivity contribution < 1.29 is 24.3 Å². The summed E-state index contributed by atoms with van der Waals surface area (Å²) < 4.78 is 0.597. The molecule has 2 saturated heterocycles. The Morgan fingerprint density at radius 3 is 2.71 bits per heavy atom. The Hall–Kier alpha value is -2.47. The molecule has 1 unspecified atom stereocenters. The molecule has 3 atom stereocenters. The number of rotatable bonds is 5. The monoisotopic (exact) mass is 423 g/mol. The summed E-state index contributed by atoms with van der Waals surface area (Å²) in [5.41, 5.74) is 0.721. The van der Waals surface area contributed by atoms with Crippen LogP contribution in [0.15, 0.2) is 15.6 Å². The van der Waals surface area contributed by atoms with Crippen molar-refractivity contribution in [3.8, 4) is 0 Å². The zero-order chi connectivity index (χ0) is 20.2. The zero-order valence-electron chi connectivity index (χ0n) is 15.0. The quantitative estimate of drug-likeness (QED) is 0.395. The maximum atomic E-state index is 12.6. The molecule has 0 saturated carbocycles. The first kappa shape index (κ1) is 18.9. The van der Waals surface area contributed by atoms with E-state index in [4.69, 9.17) is 0 Å². The molecule has 28 heavy (non-hydrogen) atoms. The number of hydrogen-bond donors (Lipinski definition) is 2. The van der Waals surface area contributed by atoms with Gasteiger partial charge in [-0.1, -0.05) is 23.1 Å². The number of β-lactam (4-membered cyclic amide) rings is 1. The van der Waals surface area contributed by atoms with E-state index in [9.17, 15) is 24.3 Å². The van der Waals surface area contributed by atoms with Crippen LogP contribution < -0.4 is 5.32 Å². The first-order valence-electron chi connectivity index (χ1n) is 8.60. The number of likely N-dealkylation sites (tertiary alicyclic amines) is 1. The van der Waals surface area contributed by atoms with Gasteiger partial charge in [-0.25, -0.2) is 4.79 Å². The van der Waals surface area contributed by atoms with Gasteiger partial charge in [0.05, 0.1) is 6.04 Å². The van der Waals surface area contributed by atoms with Crippen molar-refractivity contribution >= 4 is 51.9 Å². The van der Waals surface area contributed by atoms with E-state index in [-0.39, 0.29) is 35.4 Å². The van der Waals surface area contributed by atoms with Crippen LogP contribution in [0.5, 0.6) is 0 Å². The van der Waals surface area contributed by atoms with E-state index in [1.165, 1.54) is 41.8 Å². The molecule has 0 spiro atoms. The molecule has 0 radical (unpaired) electrons. The molecule has 0 aliphatic carbocycles. The summed E-state index contributed by atoms with van der Waals surface area (Å²) in [6, 6.07) is -0.864. The number of amides is 3. The maximum absolute atomic E-state index is 12.6. The molecule has 3 amide bonds. The standard InChI is InChI=1S/C16H17N5O5S2/c1-6(22)17-15-18-19-16(28-15)27-5-9-8-3-4-20(7(2)23)12-10(8)21(13(12)24)11(9)14(25)26/h8,10,12H,3-5H2,1-2H3,(H,25,26)(H,17,18,22)/t8?,10-,12+/m1/s1. The first-order chi connectivity index (χ1) is 13.3. The van der Waals surface area contributed by atoms with Crippen LogP contribution in [0.3, 0.4) is 0 Å². The predicted octanol–water partition coefficient (Wildman–Crippen LogP) is 0.389. The van der Waals surface area contributed by atoms with Gasteiger partial charge >= 0.3 is 5.97 Å². The normalized spacial score (nSPS) is 25.5. The molecule has 12 heteroatoms. The first-order valence-corrected chi connectivity index (χ1v) is 10.4. The Morgan fingerprint density at radius 2 is 2.07 bits per heavy atom. The van der Waals surface area contributed by atoms with Crippen molar-refractivity contribution in [3.63, 3.8) is 0 Å². The molecule has 2 N–H and O–H groups in total. The molecule has 3 aliphatic rings. The summed E-state index contributed by atoms with van der Waals surface area (Å²) in [4.78, 5) is 50.3. The van der Waals surface area contributed by atoms with Gasteiger partial charge in [-0.15, -0.1) is 10.2 Å². The number of piperidine rings is 1. The number of carboxylic acid groups (broad SMARTS) is 1. The lowest BCUT2D eigenvalue weighted by Crippen LogP contribution is -2.73. The minimum Gasteiger partial charge on any atom is -0.477 e. The number of thioether (sulfide) groups is 1. The maximum Gasteiger partial charge on any atom is 0.352 e. The summed E-state index contributed by atoms with van der Waals surface area (Å²) in [6.07, 6.45) is 0.616. The van der Waals surface area contributed by atoms with Crippen molar-refractivity contribution in [2.24, 2.45) is 5.92 Å². The van der Waals surface area contributed by atoms with Gasteiger partial charge in [-0.05, 0) is 12.0 Å². The van der Waals surface area contributed by atoms with Gasteiger partial charge in [0.15, 0.2) is 4.34 Å². The number of hydrogen-bond acceptors (Lipinski definition) is 8. The third-order valence-corrected chi connectivity index (χ3v) is 7.20. The fraction of sp³-hybridized carbons (Fsp3) is 0.500. The number of anilines is 1. The number of carbonyl (C=O) groups is 4. The van der Waals surface area contributed by atoms with E-state index in [2.05, 4.69) is 15.5 Å². The molecule has 4 rings (SSSR count). The average Bonchev–Trinajstić information content (AvgIpc) is 3.18. The van der Waals surface area contributed by atoms with Crippen LogP contribution in [0.4, 0.5) is 5.13 Å². The largest absolute Gasteiger partial charge is 0.477 e. The van der Waals surface area contributed by atoms with Gasteiger partial charge in [0.2, 0.25) is 16.9 Å². The number of carbonyl (C=O) groups excluding carboxylic acids is 3. The van der Waals surface area contributed by atoms with Crippen LogP contribution >= 0.6 is 23.1 Å². The molecule has 4 heterocycles. The zero-order valence-corrected chi connectivity index (χ0v) is 16.7. The number of carboxylic acids is 1. The molecule has 148 valence electrons. The van der Waals surface area contributed by atoms with Crippen LogP contribution in [-0.2, 0) is 19.2 Å². The van der Waals surface area contributed by atoms with E-state index >= 15 is 0 Å². The van der Waals surface area contributed by atoms with Crippen LogP contribution in [-0.4, -0.2) is 73.2 Å². The fourth-order valence-corrected chi connectivity index (χ4v) is 6.05. The van der Waals surface area contributed by atoms with Crippen molar-refractivity contribution in [1.29, 1.82) is 0 Å². The van der Waals surface area contributed by atoms with E-state index in [1.54, 1.807) is 4.90 Å². The minimum absolute atomic E-state index is 0.0285. The summed E-state index contributed by atoms with van der Waals surface area (Å²) in [7, 11) is 0. The average molecular weight is 423 g/mol. The summed E-state index contributed by atoms with van der Waals surface area (Å²) in [6.45, 7) is 3.24. The summed E-state index contributed by atoms with van der Waals surface area (Å²) >= 11 is 2.53. The molecule has 0 aromatic carbocycles. The van der Waals surface area contributed by atoms with Crippen molar-refractivity contribution in [3.05, 3.63) is 11.3 Å². The number of nitrogens with one attached hydrogen (secondary N) is 1. The predicted molar refractivity (Wildman–Crippen MR) is 99.5 cm³/mol. The Balaban J connectivity index is 1.56. The molecule has 2 fully saturated rings. The lowest BCUT2D eigenvalue weighted by molar-refractivity contribution is -0.168. The molecule has 1 aromatic rings. The Morgan fingerprint density at radius 1 is 1.32 bits per heavy atom. The molecule has 10 nitrogen and oxygen atoms in total. The topological polar surface area (TPSA) is 133 Å². The van der Waals surface area contributed by atoms with Crippen molar-refractivity contribution in [2.75, 3.05) is 17.6 Å². The highest BCUT2D eigenvalue weighted by Crippen LogP contribution is 2.50. The van der Waals surface area contributed by atoms with Gasteiger partial charge in [0.25, 0.3) is 5.91 Å². The SMILES string of the molecule is CC(=O)Nc1nnc(SCC2=C(C(=O)O)N3C(=O)[C@@H]4[C@H]3C2CCN4C(C)=O)s1. The number of aliphatic carboxylic acids is 1. The molecule has 0 bridgehead atoms. The lowest BCUT2D eigenvalue weighted by atomic mass is 9.78. The van der Waals surface area contributed by atoms with Crippen LogP contribution in [0.2, 0.25) is 0 Å². The van der Waals surface area contributed by atoms with Crippen LogP contribution in [0, 0.1) is 5.92 Å². The Bertz CT molecular complexity index is 928. The Labute approximate surface area is 168 Å². The van der Waals surface area contributed by atoms with E-state index in [0.29, 0.717) is 33.8 Å². The van der Waals surface area contributed by atoms with Crippen molar-refractivity contribution in [2.45, 2.75) is 36.7 Å². The number of aromatic nitrogens is 2. The van der Waals surface area contributed by atoms with Gasteiger partial charge in [0.1, 0.15) is 11.7 Å². The highest BCUT2D eigenvalue weighted by molar-refractivity contribution is 8.01. The highest BCUT2D eigenvalue weighted by atomic mass is 32.2. The smallest absolute Gasteiger partial charge is 0.352 e. The van der Waals surface area contributed by atoms with Crippen molar-refractivity contribution in [1.82, 2.24) is 20.0 Å². The number of nitrogens with zero attached hydrogens (tertiary/aromatic N) is 4. The van der Waals surface area contributed by atoms with Crippen LogP contribution in [0.25, 0.3) is 0 Å². The second-order valence-electron chi connectivity index (χ2n) is 6.77. The summed E-state index contributed by atoms with van der Waals surface area (Å²) in [5, 5.41) is 20.5. The van der Waals surface area contributed by atoms with Gasteiger partial charge < -0.3 is 15.3 Å². The highest BCUT2D eigenvalue weighted by Gasteiger charge is 2.63. The van der Waals surface area contributed by atoms with E-state index < -0.39 is 12.0 Å². The van der Waals surface area contributed by atoms with Crippen LogP contribution in [0.1, 0.15) is 20.3 Å². The van der Waals surface area contributed by atoms with Gasteiger partial charge in [-0.2, -0.15) is 0 Å². The lowest BCUT2D eigenvalue weighted by Gasteiger charge is -2.53. The van der Waals surface area contributed by atoms with E-state index in [1.807, 2.05) is 0 Å². The molecule has 1 aromatic heterocycles. The molecular weight excluding hydrogens is 406 g/mol. The van der Waals surface area contributed by atoms with E-state index in [0.717, 1.165) is 0 Å². The van der Waals surface area contributed by atoms with Gasteiger partial charge in [0, 0.05) is 32.1 Å². The second-order valence-corrected chi connectivity index (χ2v) is 8.97. The summed E-state index contributed by atoms with van der Waals surface area (Å²) in [5.74, 6) is -1.61. The third-order valence-electron chi connectivity index (χ3n) is 5.18. The Kier molecular flexibility index (Phi) is 4.62. The second kappa shape index (κ2) is 6.85. The fourth-order valence-electron chi connectivity index (χ4n) is 4.15. The molecular formula is C16H17N5O5S2.